The molecule has 5 heteroatoms. The minimum absolute atomic E-state index is 0.715. The molecule has 1 aromatic carbocycles. The molecular weight excluding hydrogens is 226 g/mol. The number of benzene rings is 1. The van der Waals surface area contributed by atoms with Crippen LogP contribution in [-0.4, -0.2) is 19.9 Å². The van der Waals surface area contributed by atoms with Crippen molar-refractivity contribution in [3.63, 3.8) is 0 Å². The number of aryl methyl sites for hydroxylation is 1. The van der Waals surface area contributed by atoms with Crippen LogP contribution in [0.1, 0.15) is 17.3 Å². The Labute approximate surface area is 105 Å². The Morgan fingerprint density at radius 2 is 2.06 bits per heavy atom. The van der Waals surface area contributed by atoms with E-state index in [4.69, 9.17) is 0 Å². The molecule has 0 fully saturated rings. The summed E-state index contributed by atoms with van der Waals surface area (Å²) in [6.45, 7) is 3.42. The van der Waals surface area contributed by atoms with Gasteiger partial charge in [-0.05, 0) is 19.1 Å². The standard InChI is InChI=1S/C13H15N5/c1-9-15-7-10(16-9)6-14-8-13-17-11-4-2-3-5-12(11)18-13/h2-5,7,14H,6,8H2,1H3,(H,15,16)(H,17,18). The summed E-state index contributed by atoms with van der Waals surface area (Å²) in [6.07, 6.45) is 1.85. The van der Waals surface area contributed by atoms with E-state index in [1.165, 1.54) is 0 Å². The number of aromatic nitrogens is 4. The van der Waals surface area contributed by atoms with Crippen molar-refractivity contribution >= 4 is 11.0 Å². The van der Waals surface area contributed by atoms with Gasteiger partial charge in [0.25, 0.3) is 0 Å². The van der Waals surface area contributed by atoms with E-state index in [1.807, 2.05) is 37.4 Å². The molecular formula is C13H15N5. The van der Waals surface area contributed by atoms with E-state index in [1.54, 1.807) is 0 Å². The van der Waals surface area contributed by atoms with Gasteiger partial charge in [0.05, 0.1) is 17.6 Å². The molecule has 2 heterocycles. The number of para-hydroxylation sites is 2. The van der Waals surface area contributed by atoms with Gasteiger partial charge in [0, 0.05) is 18.4 Å². The average Bonchev–Trinajstić information content (AvgIpc) is 2.95. The van der Waals surface area contributed by atoms with E-state index < -0.39 is 0 Å². The molecule has 0 bridgehead atoms. The van der Waals surface area contributed by atoms with Crippen LogP contribution in [0.15, 0.2) is 30.5 Å². The van der Waals surface area contributed by atoms with Crippen molar-refractivity contribution in [2.24, 2.45) is 0 Å². The van der Waals surface area contributed by atoms with Crippen LogP contribution >= 0.6 is 0 Å². The fourth-order valence-electron chi connectivity index (χ4n) is 1.97. The van der Waals surface area contributed by atoms with Crippen LogP contribution in [0, 0.1) is 6.92 Å². The highest BCUT2D eigenvalue weighted by Gasteiger charge is 2.02. The molecule has 3 aromatic rings. The third-order valence-electron chi connectivity index (χ3n) is 2.80. The largest absolute Gasteiger partial charge is 0.345 e. The highest BCUT2D eigenvalue weighted by Crippen LogP contribution is 2.09. The molecule has 2 aromatic heterocycles. The summed E-state index contributed by atoms with van der Waals surface area (Å²) >= 11 is 0. The van der Waals surface area contributed by atoms with Gasteiger partial charge in [-0.1, -0.05) is 12.1 Å². The number of hydrogen-bond acceptors (Lipinski definition) is 3. The van der Waals surface area contributed by atoms with Crippen LogP contribution in [0.4, 0.5) is 0 Å². The van der Waals surface area contributed by atoms with Crippen molar-refractivity contribution < 1.29 is 0 Å². The molecule has 18 heavy (non-hydrogen) atoms. The monoisotopic (exact) mass is 241 g/mol. The second-order valence-electron chi connectivity index (χ2n) is 4.30. The van der Waals surface area contributed by atoms with E-state index in [-0.39, 0.29) is 0 Å². The summed E-state index contributed by atoms with van der Waals surface area (Å²) in [6, 6.07) is 8.04. The SMILES string of the molecule is Cc1ncc(CNCc2nc3ccccc3[nH]2)[nH]1. The Balaban J connectivity index is 1.62. The van der Waals surface area contributed by atoms with Crippen molar-refractivity contribution in [3.05, 3.63) is 47.8 Å². The normalized spacial score (nSPS) is 11.2. The highest BCUT2D eigenvalue weighted by atomic mass is 15.0. The van der Waals surface area contributed by atoms with Crippen molar-refractivity contribution in [1.82, 2.24) is 25.3 Å². The molecule has 0 aliphatic carbocycles. The Morgan fingerprint density at radius 3 is 2.83 bits per heavy atom. The van der Waals surface area contributed by atoms with Gasteiger partial charge in [-0.2, -0.15) is 0 Å². The molecule has 3 rings (SSSR count). The Morgan fingerprint density at radius 1 is 1.17 bits per heavy atom. The number of rotatable bonds is 4. The van der Waals surface area contributed by atoms with Crippen molar-refractivity contribution in [3.8, 4) is 0 Å². The third kappa shape index (κ3) is 2.26. The van der Waals surface area contributed by atoms with Crippen LogP contribution in [0.5, 0.6) is 0 Å². The minimum Gasteiger partial charge on any atom is -0.345 e. The maximum absolute atomic E-state index is 4.51. The van der Waals surface area contributed by atoms with Crippen molar-refractivity contribution in [1.29, 1.82) is 0 Å². The first-order chi connectivity index (χ1) is 8.81. The molecule has 5 nitrogen and oxygen atoms in total. The van der Waals surface area contributed by atoms with Gasteiger partial charge in [-0.25, -0.2) is 9.97 Å². The van der Waals surface area contributed by atoms with E-state index in [9.17, 15) is 0 Å². The average molecular weight is 241 g/mol. The molecule has 0 spiro atoms. The lowest BCUT2D eigenvalue weighted by molar-refractivity contribution is 0.660. The zero-order chi connectivity index (χ0) is 12.4. The molecule has 0 radical (unpaired) electrons. The van der Waals surface area contributed by atoms with Crippen molar-refractivity contribution in [2.75, 3.05) is 0 Å². The molecule has 0 saturated carbocycles. The maximum Gasteiger partial charge on any atom is 0.121 e. The topological polar surface area (TPSA) is 69.4 Å². The fraction of sp³-hybridized carbons (Fsp3) is 0.231. The molecule has 3 N–H and O–H groups in total. The first-order valence-corrected chi connectivity index (χ1v) is 5.96. The lowest BCUT2D eigenvalue weighted by atomic mass is 10.3. The van der Waals surface area contributed by atoms with E-state index in [0.29, 0.717) is 6.54 Å². The molecule has 92 valence electrons. The lowest BCUT2D eigenvalue weighted by Gasteiger charge is -1.99. The van der Waals surface area contributed by atoms with Gasteiger partial charge in [0.1, 0.15) is 11.6 Å². The zero-order valence-electron chi connectivity index (χ0n) is 10.2. The summed E-state index contributed by atoms with van der Waals surface area (Å²) in [4.78, 5) is 15.1. The van der Waals surface area contributed by atoms with Gasteiger partial charge >= 0.3 is 0 Å². The zero-order valence-corrected chi connectivity index (χ0v) is 10.2. The van der Waals surface area contributed by atoms with E-state index in [2.05, 4.69) is 25.3 Å². The van der Waals surface area contributed by atoms with Crippen LogP contribution < -0.4 is 5.32 Å². The summed E-state index contributed by atoms with van der Waals surface area (Å²) in [5, 5.41) is 3.33. The maximum atomic E-state index is 4.51. The molecule has 0 aliphatic heterocycles. The number of nitrogens with one attached hydrogen (secondary N) is 3. The fourth-order valence-corrected chi connectivity index (χ4v) is 1.97. The first-order valence-electron chi connectivity index (χ1n) is 5.96. The van der Waals surface area contributed by atoms with Gasteiger partial charge in [0.15, 0.2) is 0 Å². The van der Waals surface area contributed by atoms with Gasteiger partial charge in [0.2, 0.25) is 0 Å². The van der Waals surface area contributed by atoms with Crippen LogP contribution in [-0.2, 0) is 13.1 Å². The predicted molar refractivity (Wildman–Crippen MR) is 70.0 cm³/mol. The smallest absolute Gasteiger partial charge is 0.121 e. The van der Waals surface area contributed by atoms with E-state index >= 15 is 0 Å². The lowest BCUT2D eigenvalue weighted by Crippen LogP contribution is -2.13. The Kier molecular flexibility index (Phi) is 2.82. The predicted octanol–water partition coefficient (Wildman–Crippen LogP) is 1.88. The highest BCUT2D eigenvalue weighted by molar-refractivity contribution is 5.74. The summed E-state index contributed by atoms with van der Waals surface area (Å²) in [5.74, 6) is 1.89. The van der Waals surface area contributed by atoms with E-state index in [0.717, 1.165) is 34.9 Å². The first kappa shape index (κ1) is 11.0. The molecule has 0 unspecified atom stereocenters. The molecule has 0 aliphatic rings. The summed E-state index contributed by atoms with van der Waals surface area (Å²) in [5.41, 5.74) is 3.17. The quantitative estimate of drug-likeness (QED) is 0.653. The number of H-pyrrole nitrogens is 2. The van der Waals surface area contributed by atoms with Crippen LogP contribution in [0.2, 0.25) is 0 Å². The van der Waals surface area contributed by atoms with Gasteiger partial charge in [-0.3, -0.25) is 0 Å². The van der Waals surface area contributed by atoms with Crippen molar-refractivity contribution in [2.45, 2.75) is 20.0 Å². The molecule has 0 amide bonds. The Hall–Kier alpha value is -2.14. The van der Waals surface area contributed by atoms with Crippen LogP contribution in [0.25, 0.3) is 11.0 Å². The number of aromatic amines is 2. The minimum atomic E-state index is 0.715. The number of fused-ring (bicyclic) bond motifs is 1. The molecule has 0 saturated heterocycles. The molecule has 0 atom stereocenters. The number of nitrogens with zero attached hydrogens (tertiary/aromatic N) is 2. The number of imidazole rings is 2. The summed E-state index contributed by atoms with van der Waals surface area (Å²) < 4.78 is 0. The second-order valence-corrected chi connectivity index (χ2v) is 4.30. The van der Waals surface area contributed by atoms with Gasteiger partial charge < -0.3 is 15.3 Å². The third-order valence-corrected chi connectivity index (χ3v) is 2.80. The van der Waals surface area contributed by atoms with Crippen LogP contribution in [0.3, 0.4) is 0 Å². The summed E-state index contributed by atoms with van der Waals surface area (Å²) in [7, 11) is 0. The van der Waals surface area contributed by atoms with Gasteiger partial charge in [-0.15, -0.1) is 0 Å². The Bertz CT molecular complexity index is 619. The number of hydrogen-bond donors (Lipinski definition) is 3. The second kappa shape index (κ2) is 4.62.